The molecule has 3 aromatic rings. The highest BCUT2D eigenvalue weighted by Crippen LogP contribution is 2.36. The van der Waals surface area contributed by atoms with E-state index >= 15 is 0 Å². The van der Waals surface area contributed by atoms with Gasteiger partial charge in [0.2, 0.25) is 0 Å². The number of hydrogen-bond acceptors (Lipinski definition) is 6. The van der Waals surface area contributed by atoms with E-state index in [4.69, 9.17) is 10.3 Å². The van der Waals surface area contributed by atoms with Crippen LogP contribution in [0.3, 0.4) is 0 Å². The van der Waals surface area contributed by atoms with E-state index in [2.05, 4.69) is 26.5 Å². The van der Waals surface area contributed by atoms with Gasteiger partial charge in [-0.3, -0.25) is 10.1 Å². The molecule has 0 bridgehead atoms. The van der Waals surface area contributed by atoms with Crippen molar-refractivity contribution in [2.75, 3.05) is 24.2 Å². The Morgan fingerprint density at radius 1 is 1.16 bits per heavy atom. The van der Waals surface area contributed by atoms with Crippen molar-refractivity contribution < 1.29 is 0 Å². The Balaban J connectivity index is 1.86. The lowest BCUT2D eigenvalue weighted by Crippen LogP contribution is -2.24. The standard InChI is InChI=1S/C23H24N6OS/c1-31-23(25-15-24)26-19-14-16(10-11-20(19)29-12-6-2-3-7-13-29)21-17-8-4-5-9-18(17)22(30)28-27-21/h4-5,8-11,14H,2-3,6-7,12-13H2,1H3,(H,25,26)(H,28,30). The van der Waals surface area contributed by atoms with Crippen LogP contribution in [0.25, 0.3) is 22.0 Å². The summed E-state index contributed by atoms with van der Waals surface area (Å²) in [6, 6.07) is 13.5. The van der Waals surface area contributed by atoms with Gasteiger partial charge in [-0.25, -0.2) is 10.1 Å². The third-order valence-electron chi connectivity index (χ3n) is 5.47. The smallest absolute Gasteiger partial charge is 0.272 e. The number of thioether (sulfide) groups is 1. The fraction of sp³-hybridized carbons (Fsp3) is 0.304. The van der Waals surface area contributed by atoms with Crippen molar-refractivity contribution >= 4 is 39.1 Å². The van der Waals surface area contributed by atoms with Crippen LogP contribution >= 0.6 is 11.8 Å². The molecule has 1 aromatic heterocycles. The maximum atomic E-state index is 12.2. The summed E-state index contributed by atoms with van der Waals surface area (Å²) in [5.74, 6) is 0. The number of nitriles is 1. The molecule has 0 amide bonds. The van der Waals surface area contributed by atoms with E-state index in [0.717, 1.165) is 48.3 Å². The molecule has 0 saturated carbocycles. The fourth-order valence-corrected chi connectivity index (χ4v) is 4.29. The third kappa shape index (κ3) is 4.57. The Bertz CT molecular complexity index is 1200. The molecule has 2 N–H and O–H groups in total. The molecule has 7 nitrogen and oxygen atoms in total. The van der Waals surface area contributed by atoms with Crippen molar-refractivity contribution in [3.8, 4) is 17.5 Å². The van der Waals surface area contributed by atoms with Crippen LogP contribution in [0, 0.1) is 11.5 Å². The van der Waals surface area contributed by atoms with Crippen LogP contribution in [0.15, 0.2) is 52.3 Å². The first-order valence-electron chi connectivity index (χ1n) is 10.4. The van der Waals surface area contributed by atoms with Crippen LogP contribution in [0.1, 0.15) is 25.7 Å². The Hall–Kier alpha value is -3.31. The highest BCUT2D eigenvalue weighted by atomic mass is 32.2. The molecule has 0 spiro atoms. The SMILES string of the molecule is CSC(=Nc1cc(-c2n[nH]c(=O)c3ccccc23)ccc1N1CCCCCC1)NC#N. The predicted molar refractivity (Wildman–Crippen MR) is 128 cm³/mol. The Morgan fingerprint density at radius 3 is 2.61 bits per heavy atom. The molecule has 4 rings (SSSR count). The van der Waals surface area contributed by atoms with Gasteiger partial charge in [0.25, 0.3) is 5.56 Å². The van der Waals surface area contributed by atoms with Crippen LogP contribution in [0.4, 0.5) is 11.4 Å². The van der Waals surface area contributed by atoms with Crippen molar-refractivity contribution in [2.24, 2.45) is 4.99 Å². The maximum Gasteiger partial charge on any atom is 0.272 e. The monoisotopic (exact) mass is 432 g/mol. The van der Waals surface area contributed by atoms with Gasteiger partial charge in [0.1, 0.15) is 0 Å². The Morgan fingerprint density at radius 2 is 1.90 bits per heavy atom. The maximum absolute atomic E-state index is 12.2. The summed E-state index contributed by atoms with van der Waals surface area (Å²) in [7, 11) is 0. The summed E-state index contributed by atoms with van der Waals surface area (Å²) in [5.41, 5.74) is 3.19. The highest BCUT2D eigenvalue weighted by Gasteiger charge is 2.17. The molecule has 0 radical (unpaired) electrons. The lowest BCUT2D eigenvalue weighted by atomic mass is 10.0. The largest absolute Gasteiger partial charge is 0.370 e. The second kappa shape index (κ2) is 9.67. The molecule has 1 saturated heterocycles. The topological polar surface area (TPSA) is 97.2 Å². The number of nitrogens with zero attached hydrogens (tertiary/aromatic N) is 4. The zero-order valence-corrected chi connectivity index (χ0v) is 18.2. The zero-order chi connectivity index (χ0) is 21.6. The summed E-state index contributed by atoms with van der Waals surface area (Å²) >= 11 is 1.39. The molecule has 0 unspecified atom stereocenters. The average Bonchev–Trinajstić information content (AvgIpc) is 3.09. The van der Waals surface area contributed by atoms with E-state index in [1.54, 1.807) is 6.07 Å². The van der Waals surface area contributed by atoms with E-state index in [1.807, 2.05) is 42.8 Å². The number of nitrogens with one attached hydrogen (secondary N) is 2. The summed E-state index contributed by atoms with van der Waals surface area (Å²) < 4.78 is 0. The van der Waals surface area contributed by atoms with Gasteiger partial charge in [-0.1, -0.05) is 48.9 Å². The van der Waals surface area contributed by atoms with E-state index in [-0.39, 0.29) is 5.56 Å². The second-order valence-electron chi connectivity index (χ2n) is 7.41. The zero-order valence-electron chi connectivity index (χ0n) is 17.4. The molecule has 31 heavy (non-hydrogen) atoms. The van der Waals surface area contributed by atoms with E-state index < -0.39 is 0 Å². The molecular weight excluding hydrogens is 408 g/mol. The van der Waals surface area contributed by atoms with Crippen LogP contribution < -0.4 is 15.8 Å². The molecule has 1 aliphatic heterocycles. The number of H-pyrrole nitrogens is 1. The second-order valence-corrected chi connectivity index (χ2v) is 8.20. The number of fused-ring (bicyclic) bond motifs is 1. The van der Waals surface area contributed by atoms with E-state index in [1.165, 1.54) is 24.6 Å². The van der Waals surface area contributed by atoms with Gasteiger partial charge in [-0.15, -0.1) is 0 Å². The minimum atomic E-state index is -0.207. The number of anilines is 1. The predicted octanol–water partition coefficient (Wildman–Crippen LogP) is 4.39. The summed E-state index contributed by atoms with van der Waals surface area (Å²) in [4.78, 5) is 19.3. The van der Waals surface area contributed by atoms with Crippen molar-refractivity contribution in [1.82, 2.24) is 15.5 Å². The van der Waals surface area contributed by atoms with Gasteiger partial charge < -0.3 is 4.90 Å². The van der Waals surface area contributed by atoms with Gasteiger partial charge in [-0.05, 0) is 37.3 Å². The van der Waals surface area contributed by atoms with Crippen LogP contribution in [-0.2, 0) is 0 Å². The third-order valence-corrected chi connectivity index (χ3v) is 6.05. The molecule has 1 fully saturated rings. The molecular formula is C23H24N6OS. The highest BCUT2D eigenvalue weighted by molar-refractivity contribution is 8.13. The first-order valence-corrected chi connectivity index (χ1v) is 11.6. The van der Waals surface area contributed by atoms with Crippen molar-refractivity contribution in [2.45, 2.75) is 25.7 Å². The minimum Gasteiger partial charge on any atom is -0.370 e. The van der Waals surface area contributed by atoms with Crippen LogP contribution in [-0.4, -0.2) is 34.7 Å². The summed E-state index contributed by atoms with van der Waals surface area (Å²) in [5, 5.41) is 20.6. The number of aromatic amines is 1. The summed E-state index contributed by atoms with van der Waals surface area (Å²) in [6.45, 7) is 1.98. The van der Waals surface area contributed by atoms with Crippen molar-refractivity contribution in [3.63, 3.8) is 0 Å². The minimum absolute atomic E-state index is 0.207. The summed E-state index contributed by atoms with van der Waals surface area (Å²) in [6.07, 6.45) is 8.64. The molecule has 2 aromatic carbocycles. The van der Waals surface area contributed by atoms with Crippen LogP contribution in [0.5, 0.6) is 0 Å². The number of aliphatic imine (C=N–C) groups is 1. The van der Waals surface area contributed by atoms with Crippen molar-refractivity contribution in [1.29, 1.82) is 5.26 Å². The normalized spacial score (nSPS) is 14.8. The van der Waals surface area contributed by atoms with E-state index in [0.29, 0.717) is 16.2 Å². The number of hydrogen-bond donors (Lipinski definition) is 2. The van der Waals surface area contributed by atoms with Crippen molar-refractivity contribution in [3.05, 3.63) is 52.8 Å². The van der Waals surface area contributed by atoms with Gasteiger partial charge in [0.15, 0.2) is 11.4 Å². The number of aromatic nitrogens is 2. The first-order chi connectivity index (χ1) is 15.2. The molecule has 2 heterocycles. The van der Waals surface area contributed by atoms with Gasteiger partial charge in [-0.2, -0.15) is 10.4 Å². The number of amidine groups is 1. The molecule has 1 aliphatic rings. The van der Waals surface area contributed by atoms with Crippen LogP contribution in [0.2, 0.25) is 0 Å². The van der Waals surface area contributed by atoms with Gasteiger partial charge in [0.05, 0.1) is 22.5 Å². The molecule has 0 aliphatic carbocycles. The average molecular weight is 433 g/mol. The number of benzene rings is 2. The molecule has 8 heteroatoms. The first kappa shape index (κ1) is 20.9. The fourth-order valence-electron chi connectivity index (χ4n) is 3.96. The van der Waals surface area contributed by atoms with E-state index in [9.17, 15) is 4.79 Å². The van der Waals surface area contributed by atoms with Gasteiger partial charge in [0, 0.05) is 24.0 Å². The number of rotatable bonds is 3. The molecule has 158 valence electrons. The lowest BCUT2D eigenvalue weighted by Gasteiger charge is -2.25. The Labute approximate surface area is 185 Å². The van der Waals surface area contributed by atoms with Gasteiger partial charge >= 0.3 is 0 Å². The quantitative estimate of drug-likeness (QED) is 0.276. The lowest BCUT2D eigenvalue weighted by molar-refractivity contribution is 0.726. The Kier molecular flexibility index (Phi) is 6.53. The molecule has 0 atom stereocenters.